The Kier molecular flexibility index (Phi) is 10.1. The second-order valence-electron chi connectivity index (χ2n) is 11.5. The van der Waals surface area contributed by atoms with Gasteiger partial charge in [0.1, 0.15) is 17.1 Å². The molecular formula is C31H44N4O4. The highest BCUT2D eigenvalue weighted by atomic mass is 16.6. The van der Waals surface area contributed by atoms with E-state index in [-0.39, 0.29) is 6.09 Å². The molecule has 0 spiro atoms. The number of allylic oxidation sites excluding steroid dienone is 1. The molecule has 2 atom stereocenters. The van der Waals surface area contributed by atoms with Crippen molar-refractivity contribution < 1.29 is 19.0 Å². The molecule has 0 aliphatic carbocycles. The molecule has 0 aromatic carbocycles. The van der Waals surface area contributed by atoms with Crippen molar-refractivity contribution >= 4 is 17.5 Å². The molecule has 2 aliphatic rings. The Balaban J connectivity index is 0.000000230. The van der Waals surface area contributed by atoms with Crippen molar-refractivity contribution in [3.63, 3.8) is 0 Å². The number of pyridine rings is 2. The summed E-state index contributed by atoms with van der Waals surface area (Å²) in [5.41, 5.74) is 5.21. The van der Waals surface area contributed by atoms with Crippen molar-refractivity contribution in [2.45, 2.75) is 73.3 Å². The van der Waals surface area contributed by atoms with Crippen LogP contribution in [0.3, 0.4) is 0 Å². The molecular weight excluding hydrogens is 492 g/mol. The smallest absolute Gasteiger partial charge is 0.414 e. The van der Waals surface area contributed by atoms with E-state index in [1.165, 1.54) is 12.1 Å². The van der Waals surface area contributed by atoms with Gasteiger partial charge in [0.05, 0.1) is 31.3 Å². The monoisotopic (exact) mass is 536 g/mol. The molecule has 0 unspecified atom stereocenters. The van der Waals surface area contributed by atoms with E-state index in [1.807, 2.05) is 52.9 Å². The van der Waals surface area contributed by atoms with Crippen molar-refractivity contribution in [3.05, 3.63) is 53.1 Å². The third-order valence-electron chi connectivity index (χ3n) is 6.73. The van der Waals surface area contributed by atoms with Crippen LogP contribution in [0.25, 0.3) is 5.70 Å². The molecule has 8 nitrogen and oxygen atoms in total. The first-order valence-electron chi connectivity index (χ1n) is 13.7. The van der Waals surface area contributed by atoms with Gasteiger partial charge in [-0.05, 0) is 77.8 Å². The van der Waals surface area contributed by atoms with Crippen LogP contribution in [-0.2, 0) is 4.74 Å². The number of carbonyl (C=O) groups excluding carboxylic acids is 1. The zero-order chi connectivity index (χ0) is 28.7. The molecule has 0 bridgehead atoms. The van der Waals surface area contributed by atoms with Crippen LogP contribution in [0.1, 0.15) is 76.4 Å². The van der Waals surface area contributed by atoms with Gasteiger partial charge in [-0.15, -0.1) is 0 Å². The van der Waals surface area contributed by atoms with Crippen molar-refractivity contribution in [3.8, 4) is 11.5 Å². The second-order valence-corrected chi connectivity index (χ2v) is 11.5. The molecule has 0 saturated heterocycles. The fraction of sp³-hybridized carbons (Fsp3) is 0.548. The first kappa shape index (κ1) is 30.1. The Morgan fingerprint density at radius 2 is 1.54 bits per heavy atom. The number of amides is 1. The number of aliphatic imine (C=N–C) groups is 1. The van der Waals surface area contributed by atoms with Crippen molar-refractivity contribution in [1.29, 1.82) is 0 Å². The van der Waals surface area contributed by atoms with Crippen LogP contribution in [0.2, 0.25) is 0 Å². The van der Waals surface area contributed by atoms with Gasteiger partial charge in [0.2, 0.25) is 0 Å². The van der Waals surface area contributed by atoms with Crippen LogP contribution in [0.15, 0.2) is 35.6 Å². The molecule has 8 heteroatoms. The minimum atomic E-state index is -0.522. The zero-order valence-electron chi connectivity index (χ0n) is 25.0. The van der Waals surface area contributed by atoms with Crippen LogP contribution < -0.4 is 9.47 Å². The van der Waals surface area contributed by atoms with Gasteiger partial charge in [0, 0.05) is 42.3 Å². The van der Waals surface area contributed by atoms with Crippen molar-refractivity contribution in [2.24, 2.45) is 16.8 Å². The van der Waals surface area contributed by atoms with Crippen LogP contribution >= 0.6 is 0 Å². The highest BCUT2D eigenvalue weighted by Crippen LogP contribution is 2.31. The molecule has 4 heterocycles. The van der Waals surface area contributed by atoms with Gasteiger partial charge in [-0.1, -0.05) is 19.9 Å². The predicted molar refractivity (Wildman–Crippen MR) is 156 cm³/mol. The number of hydrogen-bond donors (Lipinski definition) is 0. The maximum Gasteiger partial charge on any atom is 0.414 e. The van der Waals surface area contributed by atoms with E-state index in [0.717, 1.165) is 53.3 Å². The summed E-state index contributed by atoms with van der Waals surface area (Å²) < 4.78 is 16.2. The lowest BCUT2D eigenvalue weighted by Gasteiger charge is -2.33. The van der Waals surface area contributed by atoms with E-state index in [0.29, 0.717) is 24.1 Å². The number of hydrogen-bond acceptors (Lipinski definition) is 7. The summed E-state index contributed by atoms with van der Waals surface area (Å²) in [5.74, 6) is 2.67. The Hall–Kier alpha value is -3.42. The van der Waals surface area contributed by atoms with Gasteiger partial charge < -0.3 is 14.2 Å². The standard InChI is InChI=1S/C18H26N2O3.C13H18N2O/c1-12-7-8-15(14-9-16(22-6)13(2)19-10-14)20(11-12)17(21)23-18(3,4)5;1-9-4-5-12(15-7-9)11-6-13(16-3)10(2)14-8-11/h8-10,12H,7,11H2,1-6H3;6,8-9H,4-5,7H2,1-3H3/t12-;9-/m00/s1. The first-order valence-corrected chi connectivity index (χ1v) is 13.7. The molecule has 39 heavy (non-hydrogen) atoms. The van der Waals surface area contributed by atoms with Gasteiger partial charge in [0.25, 0.3) is 0 Å². The topological polar surface area (TPSA) is 86.1 Å². The highest BCUT2D eigenvalue weighted by Gasteiger charge is 2.29. The lowest BCUT2D eigenvalue weighted by Crippen LogP contribution is -2.39. The molecule has 4 rings (SSSR count). The van der Waals surface area contributed by atoms with Gasteiger partial charge in [-0.25, -0.2) is 4.79 Å². The van der Waals surface area contributed by atoms with E-state index < -0.39 is 5.60 Å². The number of carbonyl (C=O) groups is 1. The van der Waals surface area contributed by atoms with Gasteiger partial charge in [0.15, 0.2) is 0 Å². The van der Waals surface area contributed by atoms with Crippen LogP contribution in [0.5, 0.6) is 11.5 Å². The average molecular weight is 537 g/mol. The van der Waals surface area contributed by atoms with Crippen LogP contribution in [-0.4, -0.2) is 59.6 Å². The minimum Gasteiger partial charge on any atom is -0.495 e. The molecule has 2 aromatic heterocycles. The number of ether oxygens (including phenoxy) is 3. The Morgan fingerprint density at radius 1 is 0.949 bits per heavy atom. The summed E-state index contributed by atoms with van der Waals surface area (Å²) in [6.07, 6.45) is 8.61. The normalized spacial score (nSPS) is 19.3. The zero-order valence-corrected chi connectivity index (χ0v) is 25.0. The Labute approximate surface area is 233 Å². The molecule has 2 aromatic rings. The average Bonchev–Trinajstić information content (AvgIpc) is 2.89. The summed E-state index contributed by atoms with van der Waals surface area (Å²) in [6.45, 7) is 15.4. The van der Waals surface area contributed by atoms with E-state index in [9.17, 15) is 4.79 Å². The lowest BCUT2D eigenvalue weighted by atomic mass is 9.96. The van der Waals surface area contributed by atoms with Crippen LogP contribution in [0.4, 0.5) is 4.79 Å². The summed E-state index contributed by atoms with van der Waals surface area (Å²) in [4.78, 5) is 27.6. The maximum atomic E-state index is 12.6. The first-order chi connectivity index (χ1) is 18.4. The SMILES string of the molecule is COc1cc(C2=CC[C@H](C)CN2C(=O)OC(C)(C)C)cnc1C.COc1cc(C2=NC[C@@H](C)CC2)cnc1C. The van der Waals surface area contributed by atoms with Gasteiger partial charge >= 0.3 is 6.09 Å². The number of aromatic nitrogens is 2. The number of aryl methyl sites for hydroxylation is 2. The van der Waals surface area contributed by atoms with Crippen molar-refractivity contribution in [2.75, 3.05) is 27.3 Å². The van der Waals surface area contributed by atoms with Gasteiger partial charge in [-0.3, -0.25) is 19.9 Å². The number of nitrogens with zero attached hydrogens (tertiary/aromatic N) is 4. The maximum absolute atomic E-state index is 12.6. The Morgan fingerprint density at radius 3 is 2.08 bits per heavy atom. The molecule has 0 fully saturated rings. The third kappa shape index (κ3) is 8.28. The van der Waals surface area contributed by atoms with Crippen LogP contribution in [0, 0.1) is 25.7 Å². The minimum absolute atomic E-state index is 0.324. The van der Waals surface area contributed by atoms with E-state index in [4.69, 9.17) is 14.2 Å². The Bertz CT molecular complexity index is 1220. The molecule has 1 amide bonds. The molecule has 2 aliphatic heterocycles. The van der Waals surface area contributed by atoms with E-state index >= 15 is 0 Å². The van der Waals surface area contributed by atoms with Crippen molar-refractivity contribution in [1.82, 2.24) is 14.9 Å². The summed E-state index contributed by atoms with van der Waals surface area (Å²) in [7, 11) is 3.30. The lowest BCUT2D eigenvalue weighted by molar-refractivity contribution is 0.0327. The summed E-state index contributed by atoms with van der Waals surface area (Å²) >= 11 is 0. The van der Waals surface area contributed by atoms with Gasteiger partial charge in [-0.2, -0.15) is 0 Å². The number of rotatable bonds is 4. The largest absolute Gasteiger partial charge is 0.495 e. The summed E-state index contributed by atoms with van der Waals surface area (Å²) in [5, 5.41) is 0. The number of methoxy groups -OCH3 is 2. The highest BCUT2D eigenvalue weighted by molar-refractivity contribution is 6.01. The molecule has 212 valence electrons. The summed E-state index contributed by atoms with van der Waals surface area (Å²) in [6, 6.07) is 3.96. The predicted octanol–water partition coefficient (Wildman–Crippen LogP) is 6.63. The molecule has 0 radical (unpaired) electrons. The van der Waals surface area contributed by atoms with E-state index in [2.05, 4.69) is 34.9 Å². The molecule has 0 N–H and O–H groups in total. The molecule has 0 saturated carbocycles. The second kappa shape index (κ2) is 13.1. The van der Waals surface area contributed by atoms with E-state index in [1.54, 1.807) is 25.3 Å². The quantitative estimate of drug-likeness (QED) is 0.436. The fourth-order valence-corrected chi connectivity index (χ4v) is 4.46. The fourth-order valence-electron chi connectivity index (χ4n) is 4.46. The third-order valence-corrected chi connectivity index (χ3v) is 6.73.